The first-order valence-electron chi connectivity index (χ1n) is 7.25. The van der Waals surface area contributed by atoms with Crippen LogP contribution in [0.1, 0.15) is 55.6 Å². The lowest BCUT2D eigenvalue weighted by Crippen LogP contribution is -2.37. The minimum absolute atomic E-state index is 0.555. The predicted octanol–water partition coefficient (Wildman–Crippen LogP) is 3.12. The second-order valence-corrected chi connectivity index (χ2v) is 6.51. The number of thiazole rings is 1. The summed E-state index contributed by atoms with van der Waals surface area (Å²) in [5, 5.41) is 4.85. The van der Waals surface area contributed by atoms with E-state index in [1.165, 1.54) is 54.2 Å². The second-order valence-electron chi connectivity index (χ2n) is 5.51. The molecule has 3 nitrogen and oxygen atoms in total. The molecule has 1 N–H and O–H groups in total. The van der Waals surface area contributed by atoms with Crippen LogP contribution in [0.2, 0.25) is 0 Å². The van der Waals surface area contributed by atoms with Gasteiger partial charge in [-0.15, -0.1) is 0 Å². The molecule has 2 aliphatic rings. The Morgan fingerprint density at radius 2 is 2.17 bits per heavy atom. The summed E-state index contributed by atoms with van der Waals surface area (Å²) in [5.74, 6) is 0. The van der Waals surface area contributed by atoms with Gasteiger partial charge in [-0.1, -0.05) is 18.3 Å². The third-order valence-corrected chi connectivity index (χ3v) is 5.62. The van der Waals surface area contributed by atoms with Crippen LogP contribution in [0.4, 0.5) is 5.13 Å². The van der Waals surface area contributed by atoms with Gasteiger partial charge < -0.3 is 10.2 Å². The van der Waals surface area contributed by atoms with E-state index in [9.17, 15) is 0 Å². The zero-order valence-electron chi connectivity index (χ0n) is 11.4. The van der Waals surface area contributed by atoms with E-state index in [1.807, 2.05) is 11.3 Å². The van der Waals surface area contributed by atoms with Crippen LogP contribution in [0.5, 0.6) is 0 Å². The first kappa shape index (κ1) is 12.4. The van der Waals surface area contributed by atoms with Crippen LogP contribution in [0, 0.1) is 0 Å². The highest BCUT2D eigenvalue weighted by atomic mass is 32.1. The van der Waals surface area contributed by atoms with Gasteiger partial charge in [0, 0.05) is 24.0 Å². The lowest BCUT2D eigenvalue weighted by atomic mass is 9.92. The van der Waals surface area contributed by atoms with E-state index in [0.29, 0.717) is 6.04 Å². The minimum Gasteiger partial charge on any atom is -0.348 e. The molecule has 1 aromatic heterocycles. The molecule has 0 amide bonds. The number of fused-ring (bicyclic) bond motifs is 1. The topological polar surface area (TPSA) is 28.2 Å². The molecule has 18 heavy (non-hydrogen) atoms. The maximum atomic E-state index is 4.89. The summed E-state index contributed by atoms with van der Waals surface area (Å²) in [4.78, 5) is 8.81. The first-order valence-corrected chi connectivity index (χ1v) is 8.07. The van der Waals surface area contributed by atoms with Crippen molar-refractivity contribution in [2.24, 2.45) is 0 Å². The number of hydrogen-bond donors (Lipinski definition) is 1. The molecule has 1 unspecified atom stereocenters. The number of aromatic nitrogens is 1. The molecular formula is C14H23N3S. The number of rotatable bonds is 4. The molecule has 4 heteroatoms. The van der Waals surface area contributed by atoms with E-state index in [4.69, 9.17) is 4.98 Å². The number of nitrogens with one attached hydrogen (secondary N) is 1. The van der Waals surface area contributed by atoms with Gasteiger partial charge >= 0.3 is 0 Å². The van der Waals surface area contributed by atoms with Crippen LogP contribution in [-0.2, 0) is 6.42 Å². The lowest BCUT2D eigenvalue weighted by molar-refractivity contribution is 0.400. The Bertz CT molecular complexity index is 411. The fraction of sp³-hybridized carbons (Fsp3) is 0.786. The van der Waals surface area contributed by atoms with Crippen molar-refractivity contribution in [3.05, 3.63) is 10.6 Å². The molecule has 0 aromatic carbocycles. The van der Waals surface area contributed by atoms with Crippen molar-refractivity contribution in [2.75, 3.05) is 18.5 Å². The maximum absolute atomic E-state index is 4.89. The highest BCUT2D eigenvalue weighted by Gasteiger charge is 2.28. The highest BCUT2D eigenvalue weighted by molar-refractivity contribution is 7.15. The smallest absolute Gasteiger partial charge is 0.185 e. The van der Waals surface area contributed by atoms with Crippen molar-refractivity contribution < 1.29 is 0 Å². The Morgan fingerprint density at radius 1 is 1.33 bits per heavy atom. The third-order valence-electron chi connectivity index (χ3n) is 4.31. The number of aryl methyl sites for hydroxylation is 1. The monoisotopic (exact) mass is 265 g/mol. The van der Waals surface area contributed by atoms with Crippen molar-refractivity contribution in [3.8, 4) is 0 Å². The van der Waals surface area contributed by atoms with Crippen LogP contribution in [0.15, 0.2) is 0 Å². The average molecular weight is 265 g/mol. The van der Waals surface area contributed by atoms with Gasteiger partial charge in [-0.25, -0.2) is 4.98 Å². The van der Waals surface area contributed by atoms with Gasteiger partial charge in [0.2, 0.25) is 0 Å². The molecule has 1 saturated carbocycles. The van der Waals surface area contributed by atoms with Crippen LogP contribution >= 0.6 is 11.3 Å². The van der Waals surface area contributed by atoms with Crippen molar-refractivity contribution in [1.29, 1.82) is 0 Å². The standard InChI is InChI=1S/C14H23N3S/c1-3-15-11-8-5-9-12-13(11)18-14(16-12)17(2)10-6-4-7-10/h10-11,15H,3-9H2,1-2H3. The van der Waals surface area contributed by atoms with Crippen LogP contribution in [-0.4, -0.2) is 24.6 Å². The fourth-order valence-corrected chi connectivity index (χ4v) is 4.18. The Labute approximate surface area is 114 Å². The van der Waals surface area contributed by atoms with Gasteiger partial charge in [0.15, 0.2) is 5.13 Å². The summed E-state index contributed by atoms with van der Waals surface area (Å²) < 4.78 is 0. The summed E-state index contributed by atoms with van der Waals surface area (Å²) >= 11 is 1.92. The van der Waals surface area contributed by atoms with E-state index in [0.717, 1.165) is 12.6 Å². The fourth-order valence-electron chi connectivity index (χ4n) is 2.93. The van der Waals surface area contributed by atoms with Crippen molar-refractivity contribution >= 4 is 16.5 Å². The van der Waals surface area contributed by atoms with Crippen molar-refractivity contribution in [3.63, 3.8) is 0 Å². The predicted molar refractivity (Wildman–Crippen MR) is 77.5 cm³/mol. The minimum atomic E-state index is 0.555. The Morgan fingerprint density at radius 3 is 2.83 bits per heavy atom. The van der Waals surface area contributed by atoms with Gasteiger partial charge in [0.25, 0.3) is 0 Å². The second kappa shape index (κ2) is 5.17. The summed E-state index contributed by atoms with van der Waals surface area (Å²) in [7, 11) is 2.22. The SMILES string of the molecule is CCNC1CCCc2nc(N(C)C3CCC3)sc21. The Kier molecular flexibility index (Phi) is 3.57. The number of hydrogen-bond acceptors (Lipinski definition) is 4. The molecular weight excluding hydrogens is 242 g/mol. The van der Waals surface area contributed by atoms with E-state index in [-0.39, 0.29) is 0 Å². The summed E-state index contributed by atoms with van der Waals surface area (Å²) in [5.41, 5.74) is 1.36. The molecule has 0 aliphatic heterocycles. The quantitative estimate of drug-likeness (QED) is 0.906. The van der Waals surface area contributed by atoms with Gasteiger partial charge in [-0.2, -0.15) is 0 Å². The number of nitrogens with zero attached hydrogens (tertiary/aromatic N) is 2. The molecule has 0 saturated heterocycles. The van der Waals surface area contributed by atoms with Gasteiger partial charge in [-0.05, 0) is 45.1 Å². The van der Waals surface area contributed by atoms with E-state index < -0.39 is 0 Å². The molecule has 100 valence electrons. The van der Waals surface area contributed by atoms with Gasteiger partial charge in [0.05, 0.1) is 5.69 Å². The molecule has 1 fully saturated rings. The summed E-state index contributed by atoms with van der Waals surface area (Å²) in [6.45, 7) is 3.24. The molecule has 3 rings (SSSR count). The van der Waals surface area contributed by atoms with Gasteiger partial charge in [0.1, 0.15) is 0 Å². The van der Waals surface area contributed by atoms with Gasteiger partial charge in [-0.3, -0.25) is 0 Å². The Hall–Kier alpha value is -0.610. The van der Waals surface area contributed by atoms with Crippen LogP contribution < -0.4 is 10.2 Å². The molecule has 2 aliphatic carbocycles. The van der Waals surface area contributed by atoms with Crippen molar-refractivity contribution in [2.45, 2.75) is 57.5 Å². The molecule has 1 atom stereocenters. The van der Waals surface area contributed by atoms with Crippen molar-refractivity contribution in [1.82, 2.24) is 10.3 Å². The summed E-state index contributed by atoms with van der Waals surface area (Å²) in [6, 6.07) is 1.30. The molecule has 1 aromatic rings. The normalized spacial score (nSPS) is 23.6. The maximum Gasteiger partial charge on any atom is 0.185 e. The number of anilines is 1. The molecule has 1 heterocycles. The largest absolute Gasteiger partial charge is 0.348 e. The first-order chi connectivity index (χ1) is 8.79. The lowest BCUT2D eigenvalue weighted by Gasteiger charge is -2.34. The van der Waals surface area contributed by atoms with Crippen LogP contribution in [0.25, 0.3) is 0 Å². The third kappa shape index (κ3) is 2.16. The van der Waals surface area contributed by atoms with Crippen LogP contribution in [0.3, 0.4) is 0 Å². The Balaban J connectivity index is 1.81. The molecule has 0 radical (unpaired) electrons. The molecule has 0 bridgehead atoms. The average Bonchev–Trinajstić information content (AvgIpc) is 2.72. The zero-order valence-corrected chi connectivity index (χ0v) is 12.2. The van der Waals surface area contributed by atoms with E-state index in [1.54, 1.807) is 0 Å². The summed E-state index contributed by atoms with van der Waals surface area (Å²) in [6.07, 6.45) is 7.80. The molecule has 0 spiro atoms. The van der Waals surface area contributed by atoms with E-state index >= 15 is 0 Å². The zero-order chi connectivity index (χ0) is 12.5. The highest BCUT2D eigenvalue weighted by Crippen LogP contribution is 2.39. The van der Waals surface area contributed by atoms with E-state index in [2.05, 4.69) is 24.2 Å².